The number of ether oxygens (including phenoxy) is 1. The van der Waals surface area contributed by atoms with Gasteiger partial charge in [-0.2, -0.15) is 0 Å². The highest BCUT2D eigenvalue weighted by atomic mass is 16.6. The lowest BCUT2D eigenvalue weighted by Crippen LogP contribution is -2.60. The standard InChI is InChI=1S/C28H40O6/c1-14-12-23(34-25(32)15(14)2)28(5,33)21-8-6-16-24-17(10-11-26(16,21)3)27(4)18(13-20(24)30)19(29)7-9-22(27)31/h7,9,13-17,19-21,23-24,29-30,33H,6,8,10-12H2,1-5H3/t14-,15+,16?,17?,19-,20?,21-,23?,24?,26-,27+,28+/m0/s1. The fourth-order valence-electron chi connectivity index (χ4n) is 8.83. The third-order valence-corrected chi connectivity index (χ3v) is 11.1. The Balaban J connectivity index is 1.47. The molecule has 1 saturated heterocycles. The van der Waals surface area contributed by atoms with Crippen molar-refractivity contribution in [1.29, 1.82) is 0 Å². The van der Waals surface area contributed by atoms with E-state index in [-0.39, 0.29) is 52.7 Å². The fourth-order valence-corrected chi connectivity index (χ4v) is 8.83. The van der Waals surface area contributed by atoms with E-state index in [1.807, 2.05) is 27.7 Å². The fraction of sp³-hybridized carbons (Fsp3) is 0.786. The van der Waals surface area contributed by atoms with E-state index in [4.69, 9.17) is 4.74 Å². The van der Waals surface area contributed by atoms with Crippen LogP contribution in [0.4, 0.5) is 0 Å². The summed E-state index contributed by atoms with van der Waals surface area (Å²) in [7, 11) is 0. The van der Waals surface area contributed by atoms with E-state index in [2.05, 4.69) is 6.92 Å². The zero-order valence-corrected chi connectivity index (χ0v) is 21.0. The molecule has 0 bridgehead atoms. The van der Waals surface area contributed by atoms with Crippen molar-refractivity contribution in [2.24, 2.45) is 46.3 Å². The highest BCUT2D eigenvalue weighted by Crippen LogP contribution is 2.67. The number of aliphatic hydroxyl groups excluding tert-OH is 2. The van der Waals surface area contributed by atoms with E-state index in [9.17, 15) is 24.9 Å². The number of fused-ring (bicyclic) bond motifs is 5. The van der Waals surface area contributed by atoms with Gasteiger partial charge >= 0.3 is 5.97 Å². The molecule has 188 valence electrons. The molecule has 3 N–H and O–H groups in total. The SMILES string of the molecule is C[C@H]1CC([C@](C)(O)[C@H]2CCC3C4C(O)C=C5[C@@H](O)C=CC(=O)[C@]5(C)C4CC[C@@]32C)OC(=O)[C@@H]1C. The van der Waals surface area contributed by atoms with E-state index in [1.54, 1.807) is 6.08 Å². The number of hydrogen-bond acceptors (Lipinski definition) is 6. The van der Waals surface area contributed by atoms with Crippen molar-refractivity contribution in [1.82, 2.24) is 0 Å². The van der Waals surface area contributed by atoms with Gasteiger partial charge in [-0.1, -0.05) is 26.8 Å². The van der Waals surface area contributed by atoms with Crippen LogP contribution in [0.3, 0.4) is 0 Å². The summed E-state index contributed by atoms with van der Waals surface area (Å²) < 4.78 is 5.78. The molecule has 3 fully saturated rings. The zero-order valence-electron chi connectivity index (χ0n) is 21.0. The van der Waals surface area contributed by atoms with E-state index < -0.39 is 29.3 Å². The number of carbonyl (C=O) groups excluding carboxylic acids is 2. The maximum absolute atomic E-state index is 13.1. The van der Waals surface area contributed by atoms with Crippen LogP contribution in [0.15, 0.2) is 23.8 Å². The summed E-state index contributed by atoms with van der Waals surface area (Å²) in [4.78, 5) is 25.6. The molecule has 0 aromatic rings. The Morgan fingerprint density at radius 2 is 1.79 bits per heavy atom. The summed E-state index contributed by atoms with van der Waals surface area (Å²) in [6.07, 6.45) is 6.53. The average molecular weight is 473 g/mol. The number of aliphatic hydroxyl groups is 3. The highest BCUT2D eigenvalue weighted by Gasteiger charge is 2.65. The molecule has 0 aromatic carbocycles. The summed E-state index contributed by atoms with van der Waals surface area (Å²) in [6.45, 7) is 9.93. The van der Waals surface area contributed by atoms with Gasteiger partial charge in [0.15, 0.2) is 5.78 Å². The largest absolute Gasteiger partial charge is 0.459 e. The minimum atomic E-state index is -1.16. The summed E-state index contributed by atoms with van der Waals surface area (Å²) in [5.74, 6) is -0.323. The van der Waals surface area contributed by atoms with Gasteiger partial charge < -0.3 is 20.1 Å². The smallest absolute Gasteiger partial charge is 0.309 e. The van der Waals surface area contributed by atoms with Crippen LogP contribution in [0.5, 0.6) is 0 Å². The van der Waals surface area contributed by atoms with Gasteiger partial charge in [-0.15, -0.1) is 0 Å². The molecule has 0 radical (unpaired) electrons. The molecule has 5 rings (SSSR count). The lowest BCUT2D eigenvalue weighted by molar-refractivity contribution is -0.202. The summed E-state index contributed by atoms with van der Waals surface area (Å²) >= 11 is 0. The molecular weight excluding hydrogens is 432 g/mol. The minimum Gasteiger partial charge on any atom is -0.459 e. The van der Waals surface area contributed by atoms with Gasteiger partial charge in [0.25, 0.3) is 0 Å². The van der Waals surface area contributed by atoms with Crippen molar-refractivity contribution in [3.63, 3.8) is 0 Å². The summed E-state index contributed by atoms with van der Waals surface area (Å²) in [5.41, 5.74) is -1.57. The Labute approximate surface area is 202 Å². The average Bonchev–Trinajstić information content (AvgIpc) is 3.14. The Hall–Kier alpha value is -1.50. The van der Waals surface area contributed by atoms with E-state index >= 15 is 0 Å². The van der Waals surface area contributed by atoms with Crippen LogP contribution in [0.1, 0.15) is 66.7 Å². The van der Waals surface area contributed by atoms with Crippen LogP contribution in [-0.2, 0) is 14.3 Å². The maximum atomic E-state index is 13.1. The maximum Gasteiger partial charge on any atom is 0.309 e. The second-order valence-corrected chi connectivity index (χ2v) is 12.6. The normalized spacial score (nSPS) is 52.1. The van der Waals surface area contributed by atoms with E-state index in [0.717, 1.165) is 25.7 Å². The molecule has 6 nitrogen and oxygen atoms in total. The lowest BCUT2D eigenvalue weighted by atomic mass is 9.46. The molecule has 0 spiro atoms. The topological polar surface area (TPSA) is 104 Å². The molecule has 6 heteroatoms. The third-order valence-electron chi connectivity index (χ3n) is 11.1. The van der Waals surface area contributed by atoms with Crippen LogP contribution in [0.25, 0.3) is 0 Å². The van der Waals surface area contributed by atoms with Crippen LogP contribution >= 0.6 is 0 Å². The van der Waals surface area contributed by atoms with Crippen molar-refractivity contribution in [3.8, 4) is 0 Å². The first-order chi connectivity index (χ1) is 15.8. The molecule has 5 unspecified atom stereocenters. The van der Waals surface area contributed by atoms with E-state index in [1.165, 1.54) is 12.2 Å². The number of allylic oxidation sites excluding steroid dienone is 1. The number of cyclic esters (lactones) is 1. The van der Waals surface area contributed by atoms with Gasteiger partial charge in [0.1, 0.15) is 11.7 Å². The predicted octanol–water partition coefficient (Wildman–Crippen LogP) is 3.19. The van der Waals surface area contributed by atoms with Crippen LogP contribution in [-0.4, -0.2) is 51.0 Å². The van der Waals surface area contributed by atoms with Crippen molar-refractivity contribution < 1.29 is 29.6 Å². The molecule has 5 aliphatic rings. The van der Waals surface area contributed by atoms with Gasteiger partial charge in [0.05, 0.1) is 23.5 Å². The lowest BCUT2D eigenvalue weighted by Gasteiger charge is -2.59. The van der Waals surface area contributed by atoms with Gasteiger partial charge in [0, 0.05) is 0 Å². The van der Waals surface area contributed by atoms with Crippen molar-refractivity contribution >= 4 is 11.8 Å². The monoisotopic (exact) mass is 472 g/mol. The molecule has 0 amide bonds. The van der Waals surface area contributed by atoms with Gasteiger partial charge in [0.2, 0.25) is 0 Å². The number of ketones is 1. The predicted molar refractivity (Wildman–Crippen MR) is 126 cm³/mol. The first-order valence-electron chi connectivity index (χ1n) is 13.1. The Kier molecular flexibility index (Phi) is 5.52. The molecule has 1 aliphatic heterocycles. The first kappa shape index (κ1) is 24.2. The number of esters is 1. The van der Waals surface area contributed by atoms with Crippen LogP contribution in [0.2, 0.25) is 0 Å². The highest BCUT2D eigenvalue weighted by molar-refractivity contribution is 5.99. The molecule has 0 aromatic heterocycles. The molecule has 1 heterocycles. The van der Waals surface area contributed by atoms with Crippen molar-refractivity contribution in [3.05, 3.63) is 23.8 Å². The Bertz CT molecular complexity index is 951. The first-order valence-corrected chi connectivity index (χ1v) is 13.1. The van der Waals surface area contributed by atoms with Crippen molar-refractivity contribution in [2.75, 3.05) is 0 Å². The molecule has 34 heavy (non-hydrogen) atoms. The Morgan fingerprint density at radius 3 is 2.47 bits per heavy atom. The zero-order chi connectivity index (χ0) is 24.8. The third kappa shape index (κ3) is 3.10. The molecule has 2 saturated carbocycles. The Morgan fingerprint density at radius 1 is 1.09 bits per heavy atom. The number of carbonyl (C=O) groups is 2. The molecular formula is C28H40O6. The van der Waals surface area contributed by atoms with Gasteiger partial charge in [-0.05, 0) is 98.7 Å². The quantitative estimate of drug-likeness (QED) is 0.421. The second kappa shape index (κ2) is 7.75. The summed E-state index contributed by atoms with van der Waals surface area (Å²) in [5, 5.41) is 33.8. The summed E-state index contributed by atoms with van der Waals surface area (Å²) in [6, 6.07) is 0. The molecule has 12 atom stereocenters. The molecule has 4 aliphatic carbocycles. The van der Waals surface area contributed by atoms with Crippen LogP contribution in [0, 0.1) is 46.3 Å². The van der Waals surface area contributed by atoms with Gasteiger partial charge in [-0.25, -0.2) is 0 Å². The number of rotatable bonds is 2. The number of hydrogen-bond donors (Lipinski definition) is 3. The van der Waals surface area contributed by atoms with Crippen molar-refractivity contribution in [2.45, 2.75) is 90.6 Å². The second-order valence-electron chi connectivity index (χ2n) is 12.6. The van der Waals surface area contributed by atoms with Crippen LogP contribution < -0.4 is 0 Å². The van der Waals surface area contributed by atoms with Gasteiger partial charge in [-0.3, -0.25) is 9.59 Å². The minimum absolute atomic E-state index is 0.00771. The van der Waals surface area contributed by atoms with E-state index in [0.29, 0.717) is 12.0 Å².